The summed E-state index contributed by atoms with van der Waals surface area (Å²) in [6.07, 6.45) is 0. The van der Waals surface area contributed by atoms with Gasteiger partial charge in [-0.15, -0.1) is 0 Å². The maximum atomic E-state index is 9.13. The van der Waals surface area contributed by atoms with Gasteiger partial charge in [-0.1, -0.05) is 28.1 Å². The van der Waals surface area contributed by atoms with Crippen LogP contribution in [0, 0.1) is 0 Å². The molecule has 0 saturated carbocycles. The first-order valence-electron chi connectivity index (χ1n) is 8.43. The van der Waals surface area contributed by atoms with Gasteiger partial charge >= 0.3 is 0 Å². The molecule has 0 spiro atoms. The molecule has 0 aliphatic rings. The highest BCUT2D eigenvalue weighted by Crippen LogP contribution is 2.25. The van der Waals surface area contributed by atoms with E-state index in [1.165, 1.54) is 0 Å². The van der Waals surface area contributed by atoms with E-state index < -0.39 is 0 Å². The number of nitrogens with zero attached hydrogens (tertiary/aromatic N) is 3. The molecular formula is C19H23BrN4O2. The molecule has 3 aromatic rings. The first-order chi connectivity index (χ1) is 12.6. The number of anilines is 1. The van der Waals surface area contributed by atoms with Gasteiger partial charge in [-0.2, -0.15) is 0 Å². The minimum Gasteiger partial charge on any atom is -0.496 e. The minimum atomic E-state index is 0.0638. The van der Waals surface area contributed by atoms with Gasteiger partial charge in [-0.05, 0) is 37.4 Å². The SMILES string of the molecule is COc1ccc(Br)cc1CN(C)Cn1c(NCCO)nc2ccccc21. The van der Waals surface area contributed by atoms with Crippen LogP contribution in [0.5, 0.6) is 5.75 Å². The van der Waals surface area contributed by atoms with Crippen molar-refractivity contribution in [2.75, 3.05) is 32.6 Å². The second kappa shape index (κ2) is 8.53. The number of aromatic nitrogens is 2. The Kier molecular flexibility index (Phi) is 6.13. The van der Waals surface area contributed by atoms with E-state index in [0.29, 0.717) is 13.2 Å². The van der Waals surface area contributed by atoms with Crippen molar-refractivity contribution in [3.8, 4) is 5.75 Å². The topological polar surface area (TPSA) is 62.5 Å². The molecule has 1 heterocycles. The van der Waals surface area contributed by atoms with E-state index in [2.05, 4.69) is 54.9 Å². The van der Waals surface area contributed by atoms with Gasteiger partial charge in [0.2, 0.25) is 5.95 Å². The summed E-state index contributed by atoms with van der Waals surface area (Å²) in [5.41, 5.74) is 3.10. The molecule has 138 valence electrons. The van der Waals surface area contributed by atoms with Gasteiger partial charge in [0.05, 0.1) is 31.4 Å². The lowest BCUT2D eigenvalue weighted by Crippen LogP contribution is -2.23. The lowest BCUT2D eigenvalue weighted by atomic mass is 10.2. The number of para-hydroxylation sites is 2. The lowest BCUT2D eigenvalue weighted by Gasteiger charge is -2.21. The fraction of sp³-hybridized carbons (Fsp3) is 0.316. The fourth-order valence-corrected chi connectivity index (χ4v) is 3.38. The van der Waals surface area contributed by atoms with E-state index in [1.54, 1.807) is 7.11 Å². The van der Waals surface area contributed by atoms with E-state index in [4.69, 9.17) is 9.84 Å². The highest BCUT2D eigenvalue weighted by Gasteiger charge is 2.13. The molecule has 3 rings (SSSR count). The Balaban J connectivity index is 1.84. The Morgan fingerprint density at radius 3 is 2.85 bits per heavy atom. The molecule has 0 fully saturated rings. The number of methoxy groups -OCH3 is 1. The quantitative estimate of drug-likeness (QED) is 0.587. The van der Waals surface area contributed by atoms with Crippen molar-refractivity contribution in [1.29, 1.82) is 0 Å². The summed E-state index contributed by atoms with van der Waals surface area (Å²) in [4.78, 5) is 6.84. The summed E-state index contributed by atoms with van der Waals surface area (Å²) in [7, 11) is 3.75. The van der Waals surface area contributed by atoms with Gasteiger partial charge in [0.15, 0.2) is 0 Å². The fourth-order valence-electron chi connectivity index (χ4n) is 2.97. The van der Waals surface area contributed by atoms with Crippen LogP contribution in [-0.2, 0) is 13.2 Å². The number of halogens is 1. The maximum absolute atomic E-state index is 9.13. The van der Waals surface area contributed by atoms with E-state index in [1.807, 2.05) is 30.3 Å². The van der Waals surface area contributed by atoms with Gasteiger partial charge in [0.25, 0.3) is 0 Å². The highest BCUT2D eigenvalue weighted by molar-refractivity contribution is 9.10. The van der Waals surface area contributed by atoms with Crippen LogP contribution < -0.4 is 10.1 Å². The number of aliphatic hydroxyl groups excluding tert-OH is 1. The summed E-state index contributed by atoms with van der Waals surface area (Å²) in [5.74, 6) is 1.63. The molecule has 0 atom stereocenters. The van der Waals surface area contributed by atoms with E-state index in [-0.39, 0.29) is 6.61 Å². The number of rotatable bonds is 8. The third-order valence-electron chi connectivity index (χ3n) is 4.12. The van der Waals surface area contributed by atoms with Crippen LogP contribution in [0.4, 0.5) is 5.95 Å². The van der Waals surface area contributed by atoms with Gasteiger partial charge in [0.1, 0.15) is 5.75 Å². The molecule has 0 saturated heterocycles. The predicted octanol–water partition coefficient (Wildman–Crippen LogP) is 3.30. The number of hydrogen-bond acceptors (Lipinski definition) is 5. The van der Waals surface area contributed by atoms with Crippen LogP contribution in [0.1, 0.15) is 5.56 Å². The Labute approximate surface area is 161 Å². The molecule has 0 bridgehead atoms. The summed E-state index contributed by atoms with van der Waals surface area (Å²) in [6.45, 7) is 1.92. The van der Waals surface area contributed by atoms with E-state index in [0.717, 1.165) is 39.3 Å². The third kappa shape index (κ3) is 4.17. The third-order valence-corrected chi connectivity index (χ3v) is 4.61. The zero-order valence-corrected chi connectivity index (χ0v) is 16.5. The maximum Gasteiger partial charge on any atom is 0.205 e. The average molecular weight is 419 g/mol. The second-order valence-corrected chi connectivity index (χ2v) is 7.03. The number of imidazole rings is 1. The van der Waals surface area contributed by atoms with Gasteiger partial charge in [0, 0.05) is 23.1 Å². The molecule has 6 nitrogen and oxygen atoms in total. The van der Waals surface area contributed by atoms with Crippen LogP contribution in [0.25, 0.3) is 11.0 Å². The van der Waals surface area contributed by atoms with Crippen LogP contribution in [0.3, 0.4) is 0 Å². The van der Waals surface area contributed by atoms with Crippen molar-refractivity contribution in [2.45, 2.75) is 13.2 Å². The molecule has 26 heavy (non-hydrogen) atoms. The monoisotopic (exact) mass is 418 g/mol. The molecular weight excluding hydrogens is 396 g/mol. The molecule has 0 aliphatic carbocycles. The van der Waals surface area contributed by atoms with Crippen molar-refractivity contribution in [2.24, 2.45) is 0 Å². The molecule has 0 amide bonds. The number of hydrogen-bond donors (Lipinski definition) is 2. The summed E-state index contributed by atoms with van der Waals surface area (Å²) in [5, 5.41) is 12.3. The molecule has 1 aromatic heterocycles. The van der Waals surface area contributed by atoms with Crippen molar-refractivity contribution in [1.82, 2.24) is 14.5 Å². The normalized spacial score (nSPS) is 11.3. The molecule has 7 heteroatoms. The van der Waals surface area contributed by atoms with Crippen LogP contribution in [-0.4, -0.2) is 46.9 Å². The first kappa shape index (κ1) is 18.7. The molecule has 0 aliphatic heterocycles. The Morgan fingerprint density at radius 2 is 2.08 bits per heavy atom. The molecule has 2 aromatic carbocycles. The standard InChI is InChI=1S/C19H23BrN4O2/c1-23(12-14-11-15(20)7-8-18(14)26-2)13-24-17-6-4-3-5-16(17)22-19(24)21-9-10-25/h3-8,11,25H,9-10,12-13H2,1-2H3,(H,21,22). The van der Waals surface area contributed by atoms with Crippen molar-refractivity contribution < 1.29 is 9.84 Å². The van der Waals surface area contributed by atoms with Crippen LogP contribution in [0.2, 0.25) is 0 Å². The summed E-state index contributed by atoms with van der Waals surface area (Å²) < 4.78 is 8.63. The number of benzene rings is 2. The average Bonchev–Trinajstić information content (AvgIpc) is 2.97. The second-order valence-electron chi connectivity index (χ2n) is 6.11. The van der Waals surface area contributed by atoms with Crippen molar-refractivity contribution in [3.63, 3.8) is 0 Å². The van der Waals surface area contributed by atoms with Crippen molar-refractivity contribution >= 4 is 32.9 Å². The van der Waals surface area contributed by atoms with Crippen LogP contribution >= 0.6 is 15.9 Å². The molecule has 0 radical (unpaired) electrons. The zero-order chi connectivity index (χ0) is 18.5. The largest absolute Gasteiger partial charge is 0.496 e. The van der Waals surface area contributed by atoms with Gasteiger partial charge < -0.3 is 15.2 Å². The Hall–Kier alpha value is -2.09. The van der Waals surface area contributed by atoms with E-state index >= 15 is 0 Å². The number of ether oxygens (including phenoxy) is 1. The van der Waals surface area contributed by atoms with E-state index in [9.17, 15) is 0 Å². The van der Waals surface area contributed by atoms with Crippen LogP contribution in [0.15, 0.2) is 46.9 Å². The van der Waals surface area contributed by atoms with Gasteiger partial charge in [-0.25, -0.2) is 4.98 Å². The zero-order valence-electron chi connectivity index (χ0n) is 14.9. The number of nitrogens with one attached hydrogen (secondary N) is 1. The highest BCUT2D eigenvalue weighted by atomic mass is 79.9. The minimum absolute atomic E-state index is 0.0638. The van der Waals surface area contributed by atoms with Gasteiger partial charge in [-0.3, -0.25) is 9.47 Å². The molecule has 2 N–H and O–H groups in total. The predicted molar refractivity (Wildman–Crippen MR) is 107 cm³/mol. The number of aliphatic hydroxyl groups is 1. The summed E-state index contributed by atoms with van der Waals surface area (Å²) >= 11 is 3.53. The van der Waals surface area contributed by atoms with Crippen molar-refractivity contribution in [3.05, 3.63) is 52.5 Å². The Morgan fingerprint density at radius 1 is 1.27 bits per heavy atom. The summed E-state index contributed by atoms with van der Waals surface area (Å²) in [6, 6.07) is 14.1. The number of fused-ring (bicyclic) bond motifs is 1. The lowest BCUT2D eigenvalue weighted by molar-refractivity contribution is 0.261. The molecule has 0 unspecified atom stereocenters. The first-order valence-corrected chi connectivity index (χ1v) is 9.22. The Bertz CT molecular complexity index is 881. The smallest absolute Gasteiger partial charge is 0.205 e.